The summed E-state index contributed by atoms with van der Waals surface area (Å²) in [5.74, 6) is -0.473. The minimum absolute atomic E-state index is 0.201. The molecule has 128 valence electrons. The normalized spacial score (nSPS) is 11.5. The molecule has 0 aliphatic carbocycles. The molecule has 0 aliphatic rings. The zero-order valence-electron chi connectivity index (χ0n) is 14.9. The highest BCUT2D eigenvalue weighted by Gasteiger charge is 2.20. The Morgan fingerprint density at radius 2 is 1.68 bits per heavy atom. The highest BCUT2D eigenvalue weighted by Crippen LogP contribution is 2.28. The predicted octanol–water partition coefficient (Wildman–Crippen LogP) is 3.77. The molecule has 3 aromatic rings. The van der Waals surface area contributed by atoms with Gasteiger partial charge in [-0.05, 0) is 45.9 Å². The van der Waals surface area contributed by atoms with Crippen LogP contribution in [0.3, 0.4) is 0 Å². The molecule has 0 atom stereocenters. The van der Waals surface area contributed by atoms with Crippen LogP contribution >= 0.6 is 0 Å². The first-order valence-corrected chi connectivity index (χ1v) is 8.19. The van der Waals surface area contributed by atoms with Crippen LogP contribution in [0.5, 0.6) is 0 Å². The van der Waals surface area contributed by atoms with Crippen molar-refractivity contribution in [2.24, 2.45) is 5.73 Å². The number of hydrogen-bond donors (Lipinski definition) is 1. The second-order valence-electron chi connectivity index (χ2n) is 7.16. The minimum atomic E-state index is -0.473. The lowest BCUT2D eigenvalue weighted by molar-refractivity contribution is 0.100. The molecule has 2 aromatic heterocycles. The Bertz CT molecular complexity index is 918. The largest absolute Gasteiger partial charge is 0.366 e. The van der Waals surface area contributed by atoms with Crippen molar-refractivity contribution in [3.63, 3.8) is 0 Å². The zero-order valence-corrected chi connectivity index (χ0v) is 14.9. The number of pyridine rings is 1. The summed E-state index contributed by atoms with van der Waals surface area (Å²) < 4.78 is 1.90. The van der Waals surface area contributed by atoms with Crippen molar-refractivity contribution in [2.75, 3.05) is 0 Å². The van der Waals surface area contributed by atoms with Crippen LogP contribution in [0.25, 0.3) is 22.6 Å². The van der Waals surface area contributed by atoms with E-state index >= 15 is 0 Å². The van der Waals surface area contributed by atoms with E-state index < -0.39 is 5.91 Å². The third kappa shape index (κ3) is 3.45. The summed E-state index contributed by atoms with van der Waals surface area (Å²) in [7, 11) is 0. The van der Waals surface area contributed by atoms with Crippen LogP contribution in [-0.4, -0.2) is 20.7 Å². The molecule has 3 rings (SSSR count). The van der Waals surface area contributed by atoms with E-state index in [-0.39, 0.29) is 5.54 Å². The fourth-order valence-electron chi connectivity index (χ4n) is 2.71. The Labute approximate surface area is 147 Å². The topological polar surface area (TPSA) is 73.8 Å². The van der Waals surface area contributed by atoms with E-state index in [4.69, 9.17) is 10.7 Å². The monoisotopic (exact) mass is 334 g/mol. The number of nitrogens with zero attached hydrogens (tertiary/aromatic N) is 3. The molecule has 5 nitrogen and oxygen atoms in total. The van der Waals surface area contributed by atoms with Crippen molar-refractivity contribution in [3.8, 4) is 22.6 Å². The van der Waals surface area contributed by atoms with Crippen LogP contribution < -0.4 is 5.73 Å². The van der Waals surface area contributed by atoms with Crippen molar-refractivity contribution in [3.05, 3.63) is 59.8 Å². The van der Waals surface area contributed by atoms with Crippen molar-refractivity contribution in [1.82, 2.24) is 14.8 Å². The maximum absolute atomic E-state index is 11.8. The number of nitrogens with two attached hydrogens (primary N) is 1. The average molecular weight is 334 g/mol. The van der Waals surface area contributed by atoms with E-state index in [1.807, 2.05) is 41.9 Å². The van der Waals surface area contributed by atoms with Gasteiger partial charge in [0.1, 0.15) is 0 Å². The number of aryl methyl sites for hydroxylation is 1. The van der Waals surface area contributed by atoms with Gasteiger partial charge in [0.2, 0.25) is 5.91 Å². The molecule has 0 bridgehead atoms. The Balaban J connectivity index is 2.20. The van der Waals surface area contributed by atoms with E-state index in [9.17, 15) is 4.79 Å². The van der Waals surface area contributed by atoms with Crippen LogP contribution in [0.4, 0.5) is 0 Å². The SMILES string of the molecule is Cc1ccc(-c2cc(C(N)=O)cc(-c3ccnn3C(C)(C)C)n2)cc1. The van der Waals surface area contributed by atoms with Crippen LogP contribution in [0.15, 0.2) is 48.7 Å². The highest BCUT2D eigenvalue weighted by molar-refractivity contribution is 5.95. The molecule has 2 heterocycles. The average Bonchev–Trinajstić information content (AvgIpc) is 3.05. The molecule has 0 unspecified atom stereocenters. The number of primary amides is 1. The van der Waals surface area contributed by atoms with Gasteiger partial charge in [-0.2, -0.15) is 5.10 Å². The van der Waals surface area contributed by atoms with Gasteiger partial charge in [-0.3, -0.25) is 9.48 Å². The van der Waals surface area contributed by atoms with Gasteiger partial charge in [-0.1, -0.05) is 29.8 Å². The van der Waals surface area contributed by atoms with E-state index in [0.29, 0.717) is 17.0 Å². The first-order valence-electron chi connectivity index (χ1n) is 8.19. The molecule has 2 N–H and O–H groups in total. The maximum Gasteiger partial charge on any atom is 0.248 e. The van der Waals surface area contributed by atoms with Gasteiger partial charge >= 0.3 is 0 Å². The van der Waals surface area contributed by atoms with Gasteiger partial charge in [0.15, 0.2) is 0 Å². The fourth-order valence-corrected chi connectivity index (χ4v) is 2.71. The van der Waals surface area contributed by atoms with Gasteiger partial charge in [-0.15, -0.1) is 0 Å². The smallest absolute Gasteiger partial charge is 0.248 e. The molecule has 1 amide bonds. The summed E-state index contributed by atoms with van der Waals surface area (Å²) in [6.45, 7) is 8.25. The lowest BCUT2D eigenvalue weighted by atomic mass is 10.0. The molecule has 0 spiro atoms. The summed E-state index contributed by atoms with van der Waals surface area (Å²) in [6.07, 6.45) is 1.74. The Hall–Kier alpha value is -2.95. The van der Waals surface area contributed by atoms with Gasteiger partial charge in [-0.25, -0.2) is 4.98 Å². The molecule has 25 heavy (non-hydrogen) atoms. The van der Waals surface area contributed by atoms with E-state index in [0.717, 1.165) is 11.3 Å². The maximum atomic E-state index is 11.8. The first kappa shape index (κ1) is 16.9. The number of hydrogen-bond acceptors (Lipinski definition) is 3. The van der Waals surface area contributed by atoms with Crippen LogP contribution in [0.1, 0.15) is 36.7 Å². The first-order chi connectivity index (χ1) is 11.8. The predicted molar refractivity (Wildman–Crippen MR) is 99.1 cm³/mol. The second-order valence-corrected chi connectivity index (χ2v) is 7.16. The third-order valence-corrected chi connectivity index (χ3v) is 4.00. The highest BCUT2D eigenvalue weighted by atomic mass is 16.1. The number of aromatic nitrogens is 3. The van der Waals surface area contributed by atoms with Gasteiger partial charge in [0.05, 0.1) is 22.6 Å². The summed E-state index contributed by atoms with van der Waals surface area (Å²) in [5.41, 5.74) is 10.1. The van der Waals surface area contributed by atoms with E-state index in [1.165, 1.54) is 5.56 Å². The van der Waals surface area contributed by atoms with Gasteiger partial charge in [0.25, 0.3) is 0 Å². The van der Waals surface area contributed by atoms with Crippen LogP contribution in [-0.2, 0) is 5.54 Å². The molecule has 0 aliphatic heterocycles. The second kappa shape index (κ2) is 6.16. The van der Waals surface area contributed by atoms with Crippen molar-refractivity contribution in [2.45, 2.75) is 33.2 Å². The minimum Gasteiger partial charge on any atom is -0.366 e. The number of amides is 1. The van der Waals surface area contributed by atoms with Gasteiger partial charge in [0, 0.05) is 17.3 Å². The summed E-state index contributed by atoms with van der Waals surface area (Å²) in [6, 6.07) is 13.4. The fraction of sp³-hybridized carbons (Fsp3) is 0.250. The lowest BCUT2D eigenvalue weighted by Crippen LogP contribution is -2.24. The van der Waals surface area contributed by atoms with E-state index in [1.54, 1.807) is 18.3 Å². The van der Waals surface area contributed by atoms with Crippen molar-refractivity contribution >= 4 is 5.91 Å². The van der Waals surface area contributed by atoms with Crippen LogP contribution in [0.2, 0.25) is 0 Å². The van der Waals surface area contributed by atoms with Crippen molar-refractivity contribution in [1.29, 1.82) is 0 Å². The summed E-state index contributed by atoms with van der Waals surface area (Å²) in [4.78, 5) is 16.6. The van der Waals surface area contributed by atoms with Gasteiger partial charge < -0.3 is 5.73 Å². The number of rotatable bonds is 3. The number of benzene rings is 1. The van der Waals surface area contributed by atoms with Crippen LogP contribution in [0, 0.1) is 6.92 Å². The molecule has 1 aromatic carbocycles. The molecular weight excluding hydrogens is 312 g/mol. The molecule has 0 saturated heterocycles. The summed E-state index contributed by atoms with van der Waals surface area (Å²) in [5, 5.41) is 4.41. The van der Waals surface area contributed by atoms with Crippen molar-refractivity contribution < 1.29 is 4.79 Å². The number of carbonyl (C=O) groups excluding carboxylic acids is 1. The molecule has 0 radical (unpaired) electrons. The Morgan fingerprint density at radius 3 is 2.28 bits per heavy atom. The standard InChI is InChI=1S/C20H22N4O/c1-13-5-7-14(8-6-13)16-11-15(19(21)25)12-17(23-16)18-9-10-22-24(18)20(2,3)4/h5-12H,1-4H3,(H2,21,25). The molecular formula is C20H22N4O. The lowest BCUT2D eigenvalue weighted by Gasteiger charge is -2.22. The Kier molecular flexibility index (Phi) is 4.17. The third-order valence-electron chi connectivity index (χ3n) is 4.00. The summed E-state index contributed by atoms with van der Waals surface area (Å²) >= 11 is 0. The zero-order chi connectivity index (χ0) is 18.2. The molecule has 5 heteroatoms. The Morgan fingerprint density at radius 1 is 1.04 bits per heavy atom. The quantitative estimate of drug-likeness (QED) is 0.792. The number of carbonyl (C=O) groups is 1. The molecule has 0 fully saturated rings. The molecule has 0 saturated carbocycles. The van der Waals surface area contributed by atoms with E-state index in [2.05, 4.69) is 25.9 Å².